The zero-order valence-corrected chi connectivity index (χ0v) is 20.6. The van der Waals surface area contributed by atoms with Gasteiger partial charge >= 0.3 is 28.7 Å². The summed E-state index contributed by atoms with van der Waals surface area (Å²) in [5.41, 5.74) is 0. The van der Waals surface area contributed by atoms with E-state index in [2.05, 4.69) is 50.8 Å². The molecular weight excluding hydrogens is 384 g/mol. The Morgan fingerprint density at radius 1 is 0.500 bits per heavy atom. The van der Waals surface area contributed by atoms with Crippen molar-refractivity contribution >= 4 is 9.30 Å². The maximum atomic E-state index is 9.91. The quantitative estimate of drug-likeness (QED) is 0.345. The molecule has 0 unspecified atom stereocenters. The number of unbranched alkanes of at least 4 members (excludes halogenated alkanes) is 3. The van der Waals surface area contributed by atoms with Crippen molar-refractivity contribution in [3.05, 3.63) is 0 Å². The number of rotatable bonds is 12. The summed E-state index contributed by atoms with van der Waals surface area (Å²) in [4.78, 5) is 0. The molecule has 0 rings (SSSR count). The first-order valence-corrected chi connectivity index (χ1v) is 12.4. The molecule has 0 saturated carbocycles. The van der Waals surface area contributed by atoms with Crippen molar-refractivity contribution in [3.63, 3.8) is 0 Å². The molecule has 0 N–H and O–H groups in total. The topological polar surface area (TPSA) is 69.2 Å². The summed E-state index contributed by atoms with van der Waals surface area (Å²) >= 11 is 1.47. The Morgan fingerprint density at radius 2 is 0.692 bits per heavy atom. The van der Waals surface area contributed by atoms with Gasteiger partial charge in [-0.05, 0) is 17.8 Å². The van der Waals surface area contributed by atoms with Crippen LogP contribution < -0.4 is 15.3 Å². The van der Waals surface area contributed by atoms with Crippen LogP contribution in [0.2, 0.25) is 0 Å². The van der Waals surface area contributed by atoms with Crippen molar-refractivity contribution in [3.8, 4) is 0 Å². The molecule has 0 aliphatic rings. The van der Waals surface area contributed by atoms with Crippen molar-refractivity contribution in [1.29, 1.82) is 0 Å². The molecule has 0 radical (unpaired) electrons. The minimum absolute atomic E-state index is 0.104. The van der Waals surface area contributed by atoms with Gasteiger partial charge in [0.25, 0.3) is 0 Å². The van der Waals surface area contributed by atoms with E-state index in [9.17, 15) is 15.3 Å². The van der Waals surface area contributed by atoms with Crippen LogP contribution in [-0.4, -0.2) is 19.8 Å². The van der Waals surface area contributed by atoms with Crippen molar-refractivity contribution in [2.75, 3.05) is 19.8 Å². The molecule has 0 fully saturated rings. The first kappa shape index (κ1) is 34.4. The zero-order chi connectivity index (χ0) is 21.2. The van der Waals surface area contributed by atoms with Gasteiger partial charge in [0.15, 0.2) is 0 Å². The van der Waals surface area contributed by atoms with E-state index in [0.29, 0.717) is 0 Å². The molecule has 0 amide bonds. The van der Waals surface area contributed by atoms with Gasteiger partial charge in [0.2, 0.25) is 0 Å². The third-order valence-corrected chi connectivity index (χ3v) is 3.53. The summed E-state index contributed by atoms with van der Waals surface area (Å²) in [6.45, 7) is 13.4. The molecule has 0 aliphatic carbocycles. The summed E-state index contributed by atoms with van der Waals surface area (Å²) in [5, 5.41) is 29.7. The normalized spacial score (nSPS) is 9.96. The Morgan fingerprint density at radius 3 is 0.808 bits per heavy atom. The van der Waals surface area contributed by atoms with Gasteiger partial charge in [-0.3, -0.25) is 0 Å². The summed E-state index contributed by atoms with van der Waals surface area (Å²) in [6.07, 6.45) is 9.55. The third-order valence-electron chi connectivity index (χ3n) is 3.53. The number of halogens is 1. The second-order valence-electron chi connectivity index (χ2n) is 7.78. The van der Waals surface area contributed by atoms with Gasteiger partial charge in [-0.15, -0.1) is 19.8 Å². The summed E-state index contributed by atoms with van der Waals surface area (Å²) in [5.74, 6) is 2.30. The second kappa shape index (κ2) is 33.5. The molecular formula is C21H45ClO3Ti. The number of hydrogen-bond donors (Lipinski definition) is 0. The second-order valence-corrected chi connectivity index (χ2v) is 7.78. The monoisotopic (exact) mass is 428 g/mol. The molecule has 0 aromatic carbocycles. The van der Waals surface area contributed by atoms with Crippen LogP contribution in [0.5, 0.6) is 0 Å². The van der Waals surface area contributed by atoms with E-state index in [1.807, 2.05) is 0 Å². The van der Waals surface area contributed by atoms with Crippen LogP contribution in [0.1, 0.15) is 99.3 Å². The van der Waals surface area contributed by atoms with Crippen LogP contribution in [0.25, 0.3) is 0 Å². The molecule has 0 heterocycles. The average molecular weight is 429 g/mol. The molecule has 0 bridgehead atoms. The molecule has 158 valence electrons. The van der Waals surface area contributed by atoms with Crippen molar-refractivity contribution in [2.24, 2.45) is 17.8 Å². The number of hydrogen-bond acceptors (Lipinski definition) is 3. The summed E-state index contributed by atoms with van der Waals surface area (Å²) in [7, 11) is 4.64. The van der Waals surface area contributed by atoms with Crippen LogP contribution in [0, 0.1) is 17.8 Å². The molecule has 5 heteroatoms. The predicted octanol–water partition coefficient (Wildman–Crippen LogP) is 4.21. The van der Waals surface area contributed by atoms with E-state index < -0.39 is 0 Å². The Bertz CT molecular complexity index is 170. The van der Waals surface area contributed by atoms with Crippen LogP contribution in [0.4, 0.5) is 0 Å². The SMILES string of the molecule is CC(C)CCCC[O-].CC(C)CCCC[O-].CC(C)CCCC[O-].[Cl][Ti+3]. The van der Waals surface area contributed by atoms with Crippen LogP contribution in [0.15, 0.2) is 0 Å². The molecule has 0 aromatic heterocycles. The zero-order valence-electron chi connectivity index (χ0n) is 18.3. The Labute approximate surface area is 180 Å². The fourth-order valence-electron chi connectivity index (χ4n) is 1.96. The first-order chi connectivity index (χ1) is 12.3. The molecule has 0 spiro atoms. The molecule has 3 nitrogen and oxygen atoms in total. The fraction of sp³-hybridized carbons (Fsp3) is 1.00. The van der Waals surface area contributed by atoms with Gasteiger partial charge < -0.3 is 15.3 Å². The van der Waals surface area contributed by atoms with Gasteiger partial charge in [0.1, 0.15) is 0 Å². The maximum absolute atomic E-state index is 9.91. The molecule has 0 aromatic rings. The van der Waals surface area contributed by atoms with Gasteiger partial charge in [-0.2, -0.15) is 0 Å². The molecule has 0 aliphatic heterocycles. The molecule has 0 saturated heterocycles. The van der Waals surface area contributed by atoms with Crippen molar-refractivity contribution in [2.45, 2.75) is 99.3 Å². The Hall–Kier alpha value is 0.884. The average Bonchev–Trinajstić information content (AvgIpc) is 2.58. The van der Waals surface area contributed by atoms with Gasteiger partial charge in [0.05, 0.1) is 0 Å². The summed E-state index contributed by atoms with van der Waals surface area (Å²) < 4.78 is 0. The van der Waals surface area contributed by atoms with Crippen LogP contribution in [-0.2, 0) is 19.4 Å². The van der Waals surface area contributed by atoms with E-state index in [0.717, 1.165) is 56.3 Å². The molecule has 26 heavy (non-hydrogen) atoms. The standard InChI is InChI=1S/3C7H15O.ClH.Ti/c3*1-7(2)5-3-4-6-8;;/h3*7H,3-6H2,1-2H3;1H;/q3*-1;;+4/p-1. The van der Waals surface area contributed by atoms with Crippen molar-refractivity contribution < 1.29 is 34.7 Å². The van der Waals surface area contributed by atoms with E-state index in [-0.39, 0.29) is 19.8 Å². The summed E-state index contributed by atoms with van der Waals surface area (Å²) in [6, 6.07) is 0. The minimum atomic E-state index is 0.104. The Kier molecular flexibility index (Phi) is 44.3. The van der Waals surface area contributed by atoms with E-state index >= 15 is 0 Å². The predicted molar refractivity (Wildman–Crippen MR) is 107 cm³/mol. The van der Waals surface area contributed by atoms with Gasteiger partial charge in [-0.25, -0.2) is 0 Å². The van der Waals surface area contributed by atoms with E-state index in [1.165, 1.54) is 38.6 Å². The van der Waals surface area contributed by atoms with Crippen molar-refractivity contribution in [1.82, 2.24) is 0 Å². The third kappa shape index (κ3) is 56.3. The van der Waals surface area contributed by atoms with E-state index in [1.54, 1.807) is 0 Å². The first-order valence-electron chi connectivity index (χ1n) is 10.2. The molecule has 0 atom stereocenters. The fourth-order valence-corrected chi connectivity index (χ4v) is 1.96. The van der Waals surface area contributed by atoms with Gasteiger partial charge in [0, 0.05) is 0 Å². The van der Waals surface area contributed by atoms with Crippen LogP contribution >= 0.6 is 9.30 Å². The van der Waals surface area contributed by atoms with Gasteiger partial charge in [-0.1, -0.05) is 99.3 Å². The van der Waals surface area contributed by atoms with E-state index in [4.69, 9.17) is 0 Å². The van der Waals surface area contributed by atoms with Crippen LogP contribution in [0.3, 0.4) is 0 Å². The Balaban J connectivity index is -0.000000133.